The molecule has 0 aliphatic heterocycles. The first-order valence-corrected chi connectivity index (χ1v) is 13.2. The first kappa shape index (κ1) is 23.6. The Morgan fingerprint density at radius 1 is 0.914 bits per heavy atom. The molecular formula is C29H36N4O2. The van der Waals surface area contributed by atoms with Crippen LogP contribution < -0.4 is 10.6 Å². The summed E-state index contributed by atoms with van der Waals surface area (Å²) in [6.07, 6.45) is 8.93. The quantitative estimate of drug-likeness (QED) is 0.407. The van der Waals surface area contributed by atoms with E-state index in [1.807, 2.05) is 42.5 Å². The van der Waals surface area contributed by atoms with Crippen molar-refractivity contribution in [2.45, 2.75) is 71.3 Å². The van der Waals surface area contributed by atoms with Gasteiger partial charge in [0.15, 0.2) is 0 Å². The van der Waals surface area contributed by atoms with Gasteiger partial charge in [-0.3, -0.25) is 9.59 Å². The van der Waals surface area contributed by atoms with Crippen LogP contribution in [0, 0.1) is 17.8 Å². The highest BCUT2D eigenvalue weighted by Crippen LogP contribution is 2.31. The van der Waals surface area contributed by atoms with Crippen molar-refractivity contribution in [1.82, 2.24) is 15.3 Å². The number of nitrogens with zero attached hydrogens (tertiary/aromatic N) is 1. The minimum Gasteiger partial charge on any atom is -0.349 e. The van der Waals surface area contributed by atoms with Gasteiger partial charge in [0.25, 0.3) is 5.91 Å². The zero-order valence-electron chi connectivity index (χ0n) is 20.8. The van der Waals surface area contributed by atoms with Gasteiger partial charge in [-0.2, -0.15) is 0 Å². The highest BCUT2D eigenvalue weighted by atomic mass is 16.2. The summed E-state index contributed by atoms with van der Waals surface area (Å²) in [6.45, 7) is 4.46. The molecule has 6 nitrogen and oxygen atoms in total. The lowest BCUT2D eigenvalue weighted by Gasteiger charge is -2.27. The van der Waals surface area contributed by atoms with Crippen molar-refractivity contribution in [3.63, 3.8) is 0 Å². The molecule has 184 valence electrons. The molecule has 5 rings (SSSR count). The predicted octanol–water partition coefficient (Wildman–Crippen LogP) is 6.30. The van der Waals surface area contributed by atoms with Crippen molar-refractivity contribution in [1.29, 1.82) is 0 Å². The van der Waals surface area contributed by atoms with E-state index in [1.54, 1.807) is 0 Å². The van der Waals surface area contributed by atoms with Gasteiger partial charge in [0.1, 0.15) is 5.82 Å². The molecule has 0 spiro atoms. The van der Waals surface area contributed by atoms with Crippen molar-refractivity contribution < 1.29 is 9.59 Å². The lowest BCUT2D eigenvalue weighted by atomic mass is 9.80. The maximum Gasteiger partial charge on any atom is 0.251 e. The van der Waals surface area contributed by atoms with E-state index >= 15 is 0 Å². The molecule has 1 aromatic heterocycles. The van der Waals surface area contributed by atoms with Gasteiger partial charge in [-0.15, -0.1) is 0 Å². The van der Waals surface area contributed by atoms with Crippen molar-refractivity contribution >= 4 is 28.5 Å². The molecule has 3 N–H and O–H groups in total. The van der Waals surface area contributed by atoms with Crippen LogP contribution in [-0.2, 0) is 4.79 Å². The molecule has 2 amide bonds. The van der Waals surface area contributed by atoms with E-state index in [4.69, 9.17) is 4.98 Å². The van der Waals surface area contributed by atoms with E-state index < -0.39 is 0 Å². The number of anilines is 1. The van der Waals surface area contributed by atoms with Crippen LogP contribution in [0.15, 0.2) is 42.5 Å². The number of aromatic amines is 1. The van der Waals surface area contributed by atoms with Gasteiger partial charge in [0.2, 0.25) is 5.91 Å². The SMILES string of the molecule is CC1CCC(NC(=O)c2ccc(-c3nc4ccc(NC(=O)C5CCCCC5C)cc4[nH]3)cc2)CC1. The summed E-state index contributed by atoms with van der Waals surface area (Å²) in [4.78, 5) is 33.6. The van der Waals surface area contributed by atoms with E-state index in [1.165, 1.54) is 19.3 Å². The maximum absolute atomic E-state index is 12.8. The lowest BCUT2D eigenvalue weighted by Crippen LogP contribution is -2.37. The first-order valence-electron chi connectivity index (χ1n) is 13.2. The summed E-state index contributed by atoms with van der Waals surface area (Å²) < 4.78 is 0. The molecule has 2 unspecified atom stereocenters. The Kier molecular flexibility index (Phi) is 6.89. The number of carbonyl (C=O) groups is 2. The molecule has 35 heavy (non-hydrogen) atoms. The molecule has 0 radical (unpaired) electrons. The van der Waals surface area contributed by atoms with Gasteiger partial charge in [-0.05, 0) is 80.7 Å². The zero-order valence-corrected chi connectivity index (χ0v) is 20.8. The Morgan fingerprint density at radius 2 is 1.66 bits per heavy atom. The van der Waals surface area contributed by atoms with Crippen LogP contribution in [0.2, 0.25) is 0 Å². The van der Waals surface area contributed by atoms with Gasteiger partial charge in [-0.25, -0.2) is 4.98 Å². The number of fused-ring (bicyclic) bond motifs is 1. The molecule has 2 fully saturated rings. The van der Waals surface area contributed by atoms with E-state index in [0.717, 1.165) is 66.1 Å². The predicted molar refractivity (Wildman–Crippen MR) is 140 cm³/mol. The van der Waals surface area contributed by atoms with E-state index in [2.05, 4.69) is 29.5 Å². The zero-order chi connectivity index (χ0) is 24.4. The Labute approximate surface area is 207 Å². The van der Waals surface area contributed by atoms with Crippen LogP contribution in [0.25, 0.3) is 22.4 Å². The minimum absolute atomic E-state index is 0.00613. The monoisotopic (exact) mass is 472 g/mol. The fourth-order valence-corrected chi connectivity index (χ4v) is 5.62. The molecule has 3 aromatic rings. The van der Waals surface area contributed by atoms with Crippen LogP contribution in [0.4, 0.5) is 5.69 Å². The lowest BCUT2D eigenvalue weighted by molar-refractivity contribution is -0.122. The summed E-state index contributed by atoms with van der Waals surface area (Å²) in [5.41, 5.74) is 4.11. The number of benzene rings is 2. The molecular weight excluding hydrogens is 436 g/mol. The van der Waals surface area contributed by atoms with Crippen molar-refractivity contribution in [2.75, 3.05) is 5.32 Å². The van der Waals surface area contributed by atoms with Crippen molar-refractivity contribution in [3.8, 4) is 11.4 Å². The number of carbonyl (C=O) groups excluding carboxylic acids is 2. The summed E-state index contributed by atoms with van der Waals surface area (Å²) >= 11 is 0. The van der Waals surface area contributed by atoms with Crippen LogP contribution in [0.5, 0.6) is 0 Å². The summed E-state index contributed by atoms with van der Waals surface area (Å²) in [5, 5.41) is 6.30. The number of amides is 2. The number of imidazole rings is 1. The average Bonchev–Trinajstić information content (AvgIpc) is 3.29. The van der Waals surface area contributed by atoms with Gasteiger partial charge >= 0.3 is 0 Å². The normalized spacial score (nSPS) is 24.7. The second-order valence-corrected chi connectivity index (χ2v) is 10.7. The molecule has 6 heteroatoms. The molecule has 2 aliphatic carbocycles. The third kappa shape index (κ3) is 5.42. The first-order chi connectivity index (χ1) is 17.0. The second-order valence-electron chi connectivity index (χ2n) is 10.7. The van der Waals surface area contributed by atoms with Crippen LogP contribution in [0.3, 0.4) is 0 Å². The van der Waals surface area contributed by atoms with Crippen molar-refractivity contribution in [3.05, 3.63) is 48.0 Å². The molecule has 1 heterocycles. The van der Waals surface area contributed by atoms with Crippen LogP contribution in [0.1, 0.15) is 75.6 Å². The maximum atomic E-state index is 12.8. The van der Waals surface area contributed by atoms with Crippen molar-refractivity contribution in [2.24, 2.45) is 17.8 Å². The summed E-state index contributed by atoms with van der Waals surface area (Å²) in [5.74, 6) is 2.15. The standard InChI is InChI=1S/C29H36N4O2/c1-18-7-13-22(14-8-18)30-28(34)21-11-9-20(10-12-21)27-32-25-16-15-23(17-26(25)33-27)31-29(35)24-6-4-3-5-19(24)2/h9-12,15-19,22,24H,3-8,13-14H2,1-2H3,(H,30,34)(H,31,35)(H,32,33). The third-order valence-corrected chi connectivity index (χ3v) is 7.97. The van der Waals surface area contributed by atoms with Gasteiger partial charge < -0.3 is 15.6 Å². The van der Waals surface area contributed by atoms with Gasteiger partial charge in [0, 0.05) is 28.8 Å². The molecule has 0 saturated heterocycles. The van der Waals surface area contributed by atoms with E-state index in [9.17, 15) is 9.59 Å². The third-order valence-electron chi connectivity index (χ3n) is 7.97. The van der Waals surface area contributed by atoms with E-state index in [-0.39, 0.29) is 23.8 Å². The Morgan fingerprint density at radius 3 is 2.40 bits per heavy atom. The fraction of sp³-hybridized carbons (Fsp3) is 0.483. The fourth-order valence-electron chi connectivity index (χ4n) is 5.62. The second kappa shape index (κ2) is 10.2. The number of aromatic nitrogens is 2. The van der Waals surface area contributed by atoms with E-state index in [0.29, 0.717) is 11.5 Å². The minimum atomic E-state index is -0.00613. The number of rotatable bonds is 5. The van der Waals surface area contributed by atoms with Crippen LogP contribution in [-0.4, -0.2) is 27.8 Å². The Hall–Kier alpha value is -3.15. The Balaban J connectivity index is 1.25. The molecule has 2 saturated carbocycles. The average molecular weight is 473 g/mol. The number of H-pyrrole nitrogens is 1. The smallest absolute Gasteiger partial charge is 0.251 e. The largest absolute Gasteiger partial charge is 0.349 e. The number of nitrogens with one attached hydrogen (secondary N) is 3. The summed E-state index contributed by atoms with van der Waals surface area (Å²) in [6, 6.07) is 13.7. The number of hydrogen-bond donors (Lipinski definition) is 3. The highest BCUT2D eigenvalue weighted by Gasteiger charge is 2.27. The molecule has 0 bridgehead atoms. The van der Waals surface area contributed by atoms with Gasteiger partial charge in [-0.1, -0.05) is 38.8 Å². The summed E-state index contributed by atoms with van der Waals surface area (Å²) in [7, 11) is 0. The van der Waals surface area contributed by atoms with Crippen LogP contribution >= 0.6 is 0 Å². The molecule has 2 aliphatic rings. The van der Waals surface area contributed by atoms with Gasteiger partial charge in [0.05, 0.1) is 11.0 Å². The molecule has 2 aromatic carbocycles. The highest BCUT2D eigenvalue weighted by molar-refractivity contribution is 5.96. The number of hydrogen-bond acceptors (Lipinski definition) is 3. The molecule has 2 atom stereocenters. The topological polar surface area (TPSA) is 86.9 Å². The Bertz CT molecular complexity index is 1190.